The molecular weight excluding hydrogens is 274 g/mol. The Labute approximate surface area is 135 Å². The van der Waals surface area contributed by atoms with E-state index in [1.165, 1.54) is 18.4 Å². The number of fused-ring (bicyclic) bond motifs is 1. The van der Waals surface area contributed by atoms with Crippen LogP contribution in [0.2, 0.25) is 0 Å². The first kappa shape index (κ1) is 17.1. The Hall–Kier alpha value is -1.22. The lowest BCUT2D eigenvalue weighted by molar-refractivity contribution is 0.0439. The van der Waals surface area contributed by atoms with E-state index in [2.05, 4.69) is 52.1 Å². The van der Waals surface area contributed by atoms with Crippen molar-refractivity contribution in [3.63, 3.8) is 0 Å². The normalized spacial score (nSPS) is 24.0. The molecule has 0 radical (unpaired) electrons. The second-order valence-corrected chi connectivity index (χ2v) is 6.84. The number of ether oxygens (including phenoxy) is 2. The first-order valence-electron chi connectivity index (χ1n) is 8.70. The average molecular weight is 305 g/mol. The molecular formula is C19H31NO2. The minimum Gasteiger partial charge on any atom is -0.491 e. The Morgan fingerprint density at radius 1 is 1.36 bits per heavy atom. The number of benzene rings is 1. The number of unbranched alkanes of at least 4 members (excludes halogenated alkanes) is 1. The summed E-state index contributed by atoms with van der Waals surface area (Å²) >= 11 is 0. The molecule has 22 heavy (non-hydrogen) atoms. The minimum absolute atomic E-state index is 0.0860. The van der Waals surface area contributed by atoms with Gasteiger partial charge < -0.3 is 14.8 Å². The lowest BCUT2D eigenvalue weighted by atomic mass is 9.86. The average Bonchev–Trinajstić information content (AvgIpc) is 2.47. The molecule has 0 saturated heterocycles. The smallest absolute Gasteiger partial charge is 0.125 e. The Morgan fingerprint density at radius 2 is 2.14 bits per heavy atom. The molecule has 0 amide bonds. The highest BCUT2D eigenvalue weighted by Gasteiger charge is 2.36. The van der Waals surface area contributed by atoms with Gasteiger partial charge in [0.05, 0.1) is 6.10 Å². The van der Waals surface area contributed by atoms with Crippen LogP contribution in [0, 0.1) is 0 Å². The molecule has 1 aliphatic heterocycles. The second-order valence-electron chi connectivity index (χ2n) is 6.84. The van der Waals surface area contributed by atoms with Gasteiger partial charge in [0.15, 0.2) is 0 Å². The van der Waals surface area contributed by atoms with E-state index in [1.807, 2.05) is 6.07 Å². The summed E-state index contributed by atoms with van der Waals surface area (Å²) in [5, 5.41) is 3.71. The summed E-state index contributed by atoms with van der Waals surface area (Å²) in [6.07, 6.45) is 4.63. The van der Waals surface area contributed by atoms with Crippen molar-refractivity contribution in [1.82, 2.24) is 5.32 Å². The fraction of sp³-hybridized carbons (Fsp3) is 0.684. The van der Waals surface area contributed by atoms with Crippen LogP contribution in [0.1, 0.15) is 71.9 Å². The van der Waals surface area contributed by atoms with E-state index in [1.54, 1.807) is 0 Å². The van der Waals surface area contributed by atoms with Crippen LogP contribution in [0.3, 0.4) is 0 Å². The lowest BCUT2D eigenvalue weighted by Gasteiger charge is -2.40. The maximum Gasteiger partial charge on any atom is 0.125 e. The molecule has 0 saturated carbocycles. The third kappa shape index (κ3) is 4.16. The summed E-state index contributed by atoms with van der Waals surface area (Å²) in [6, 6.07) is 6.57. The highest BCUT2D eigenvalue weighted by Crippen LogP contribution is 2.42. The first-order chi connectivity index (χ1) is 10.5. The Bertz CT molecular complexity index is 486. The largest absolute Gasteiger partial charge is 0.491 e. The van der Waals surface area contributed by atoms with Gasteiger partial charge in [0, 0.05) is 18.0 Å². The van der Waals surface area contributed by atoms with Gasteiger partial charge in [-0.1, -0.05) is 20.3 Å². The molecule has 124 valence electrons. The van der Waals surface area contributed by atoms with E-state index in [4.69, 9.17) is 9.47 Å². The van der Waals surface area contributed by atoms with Gasteiger partial charge in [-0.05, 0) is 58.4 Å². The van der Waals surface area contributed by atoms with Crippen molar-refractivity contribution in [1.29, 1.82) is 0 Å². The van der Waals surface area contributed by atoms with Gasteiger partial charge in [0.1, 0.15) is 17.1 Å². The fourth-order valence-electron chi connectivity index (χ4n) is 2.94. The number of rotatable bonds is 7. The SMILES string of the molecule is CCCCNC1CC(C)(CC)Oc2ccc(OC(C)C)cc21. The van der Waals surface area contributed by atoms with Crippen LogP contribution < -0.4 is 14.8 Å². The topological polar surface area (TPSA) is 30.5 Å². The van der Waals surface area contributed by atoms with E-state index >= 15 is 0 Å². The summed E-state index contributed by atoms with van der Waals surface area (Å²) in [6.45, 7) is 11.8. The molecule has 1 heterocycles. The fourth-order valence-corrected chi connectivity index (χ4v) is 2.94. The molecule has 2 rings (SSSR count). The summed E-state index contributed by atoms with van der Waals surface area (Å²) in [5.41, 5.74) is 1.15. The van der Waals surface area contributed by atoms with Gasteiger partial charge >= 0.3 is 0 Å². The third-order valence-electron chi connectivity index (χ3n) is 4.39. The van der Waals surface area contributed by atoms with Crippen LogP contribution in [-0.4, -0.2) is 18.2 Å². The lowest BCUT2D eigenvalue weighted by Crippen LogP contribution is -2.41. The second kappa shape index (κ2) is 7.36. The molecule has 1 aromatic rings. The predicted octanol–water partition coefficient (Wildman–Crippen LogP) is 4.86. The van der Waals surface area contributed by atoms with Crippen LogP contribution in [-0.2, 0) is 0 Å². The monoisotopic (exact) mass is 305 g/mol. The zero-order valence-corrected chi connectivity index (χ0v) is 14.7. The Kier molecular flexibility index (Phi) is 5.74. The number of hydrogen-bond acceptors (Lipinski definition) is 3. The van der Waals surface area contributed by atoms with Crippen molar-refractivity contribution in [3.8, 4) is 11.5 Å². The Morgan fingerprint density at radius 3 is 2.77 bits per heavy atom. The van der Waals surface area contributed by atoms with Gasteiger partial charge in [0.2, 0.25) is 0 Å². The van der Waals surface area contributed by atoms with E-state index in [9.17, 15) is 0 Å². The van der Waals surface area contributed by atoms with Crippen molar-refractivity contribution in [3.05, 3.63) is 23.8 Å². The highest BCUT2D eigenvalue weighted by molar-refractivity contribution is 5.44. The summed E-state index contributed by atoms with van der Waals surface area (Å²) in [4.78, 5) is 0. The minimum atomic E-state index is -0.0860. The van der Waals surface area contributed by atoms with Gasteiger partial charge in [-0.2, -0.15) is 0 Å². The number of hydrogen-bond donors (Lipinski definition) is 1. The molecule has 2 unspecified atom stereocenters. The zero-order valence-electron chi connectivity index (χ0n) is 14.7. The van der Waals surface area contributed by atoms with Crippen molar-refractivity contribution in [2.45, 2.75) is 78.0 Å². The summed E-state index contributed by atoms with van der Waals surface area (Å²) in [7, 11) is 0. The molecule has 1 N–H and O–H groups in total. The zero-order chi connectivity index (χ0) is 16.2. The predicted molar refractivity (Wildman–Crippen MR) is 91.8 cm³/mol. The molecule has 0 aromatic heterocycles. The number of nitrogens with one attached hydrogen (secondary N) is 1. The van der Waals surface area contributed by atoms with Crippen molar-refractivity contribution >= 4 is 0 Å². The van der Waals surface area contributed by atoms with Crippen LogP contribution in [0.15, 0.2) is 18.2 Å². The highest BCUT2D eigenvalue weighted by atomic mass is 16.5. The van der Waals surface area contributed by atoms with Crippen molar-refractivity contribution in [2.24, 2.45) is 0 Å². The van der Waals surface area contributed by atoms with Crippen LogP contribution in [0.25, 0.3) is 0 Å². The molecule has 3 heteroatoms. The maximum absolute atomic E-state index is 6.27. The van der Waals surface area contributed by atoms with Crippen LogP contribution in [0.5, 0.6) is 11.5 Å². The molecule has 0 aliphatic carbocycles. The van der Waals surface area contributed by atoms with Gasteiger partial charge in [-0.15, -0.1) is 0 Å². The molecule has 2 atom stereocenters. The molecule has 1 aliphatic rings. The maximum atomic E-state index is 6.27. The molecule has 3 nitrogen and oxygen atoms in total. The van der Waals surface area contributed by atoms with Crippen LogP contribution in [0.4, 0.5) is 0 Å². The summed E-state index contributed by atoms with van der Waals surface area (Å²) < 4.78 is 12.1. The van der Waals surface area contributed by atoms with Crippen LogP contribution >= 0.6 is 0 Å². The van der Waals surface area contributed by atoms with E-state index in [0.717, 1.165) is 30.9 Å². The van der Waals surface area contributed by atoms with Gasteiger partial charge in [-0.3, -0.25) is 0 Å². The van der Waals surface area contributed by atoms with Crippen molar-refractivity contribution < 1.29 is 9.47 Å². The van der Waals surface area contributed by atoms with Crippen molar-refractivity contribution in [2.75, 3.05) is 6.54 Å². The van der Waals surface area contributed by atoms with E-state index in [-0.39, 0.29) is 11.7 Å². The standard InChI is InChI=1S/C19H31NO2/c1-6-8-11-20-17-13-19(5,7-2)22-18-10-9-15(12-16(17)18)21-14(3)4/h9-10,12,14,17,20H,6-8,11,13H2,1-5H3. The third-order valence-corrected chi connectivity index (χ3v) is 4.39. The Balaban J connectivity index is 2.25. The molecule has 0 bridgehead atoms. The van der Waals surface area contributed by atoms with E-state index < -0.39 is 0 Å². The molecule has 0 fully saturated rings. The first-order valence-corrected chi connectivity index (χ1v) is 8.70. The van der Waals surface area contributed by atoms with E-state index in [0.29, 0.717) is 6.04 Å². The molecule has 1 aromatic carbocycles. The van der Waals surface area contributed by atoms with Gasteiger partial charge in [-0.25, -0.2) is 0 Å². The van der Waals surface area contributed by atoms with Gasteiger partial charge in [0.25, 0.3) is 0 Å². The summed E-state index contributed by atoms with van der Waals surface area (Å²) in [5.74, 6) is 1.93. The molecule has 0 spiro atoms. The quantitative estimate of drug-likeness (QED) is 0.730.